The Hall–Kier alpha value is -2.09. The topological polar surface area (TPSA) is 29.1 Å². The van der Waals surface area contributed by atoms with E-state index in [9.17, 15) is 4.79 Å². The number of hydrogen-bond acceptors (Lipinski definition) is 1. The number of unbranched alkanes of at least 4 members (excludes halogenated alkanes) is 9. The quantitative estimate of drug-likeness (QED) is 0.185. The number of amides is 1. The van der Waals surface area contributed by atoms with Crippen LogP contribution in [0, 0.1) is 11.8 Å². The number of nitrogens with one attached hydrogen (secondary N) is 1. The van der Waals surface area contributed by atoms with E-state index in [1.807, 2.05) is 12.1 Å². The second kappa shape index (κ2) is 17.4. The largest absolute Gasteiger partial charge is 0.353 e. The Labute approximate surface area is 221 Å². The van der Waals surface area contributed by atoms with E-state index in [1.54, 1.807) is 0 Å². The third-order valence-electron chi connectivity index (χ3n) is 7.99. The summed E-state index contributed by atoms with van der Waals surface area (Å²) in [6.07, 6.45) is 21.6. The van der Waals surface area contributed by atoms with Crippen LogP contribution in [-0.2, 0) is 17.6 Å². The van der Waals surface area contributed by atoms with E-state index in [-0.39, 0.29) is 11.9 Å². The van der Waals surface area contributed by atoms with Gasteiger partial charge in [0, 0.05) is 12.5 Å². The van der Waals surface area contributed by atoms with Gasteiger partial charge >= 0.3 is 0 Å². The van der Waals surface area contributed by atoms with Crippen molar-refractivity contribution in [2.24, 2.45) is 11.8 Å². The van der Waals surface area contributed by atoms with Crippen molar-refractivity contribution in [3.63, 3.8) is 0 Å². The summed E-state index contributed by atoms with van der Waals surface area (Å²) >= 11 is 0. The van der Waals surface area contributed by atoms with E-state index >= 15 is 0 Å². The summed E-state index contributed by atoms with van der Waals surface area (Å²) < 4.78 is 0. The molecule has 1 aliphatic carbocycles. The van der Waals surface area contributed by atoms with Crippen LogP contribution in [0.15, 0.2) is 60.7 Å². The van der Waals surface area contributed by atoms with E-state index in [1.165, 1.54) is 94.6 Å². The number of carbonyl (C=O) groups is 1. The SMILES string of the molecule is CCCCCCCC[C@H]1C[C@H]1CCCCCCCC(=O)NC(Cc1ccccc1)Cc1ccccc1. The second-order valence-corrected chi connectivity index (χ2v) is 11.3. The summed E-state index contributed by atoms with van der Waals surface area (Å²) in [6, 6.07) is 21.2. The Balaban J connectivity index is 1.22. The number of rotatable bonds is 20. The highest BCUT2D eigenvalue weighted by molar-refractivity contribution is 5.76. The van der Waals surface area contributed by atoms with Crippen molar-refractivity contribution in [2.75, 3.05) is 0 Å². The molecule has 0 saturated heterocycles. The van der Waals surface area contributed by atoms with Gasteiger partial charge in [-0.15, -0.1) is 0 Å². The third kappa shape index (κ3) is 12.2. The zero-order valence-corrected chi connectivity index (χ0v) is 22.9. The van der Waals surface area contributed by atoms with Crippen LogP contribution in [0.25, 0.3) is 0 Å². The maximum Gasteiger partial charge on any atom is 0.220 e. The van der Waals surface area contributed by atoms with Crippen LogP contribution < -0.4 is 5.32 Å². The average Bonchev–Trinajstić information content (AvgIpc) is 3.64. The van der Waals surface area contributed by atoms with Crippen LogP contribution in [-0.4, -0.2) is 11.9 Å². The first-order valence-electron chi connectivity index (χ1n) is 15.1. The van der Waals surface area contributed by atoms with Gasteiger partial charge in [0.15, 0.2) is 0 Å². The number of carbonyl (C=O) groups excluding carboxylic acids is 1. The Morgan fingerprint density at radius 3 is 1.69 bits per heavy atom. The molecule has 0 bridgehead atoms. The third-order valence-corrected chi connectivity index (χ3v) is 7.99. The molecule has 0 aliphatic heterocycles. The summed E-state index contributed by atoms with van der Waals surface area (Å²) in [6.45, 7) is 2.29. The van der Waals surface area contributed by atoms with Crippen LogP contribution in [0.2, 0.25) is 0 Å². The molecule has 0 unspecified atom stereocenters. The molecular formula is C34H51NO. The minimum Gasteiger partial charge on any atom is -0.353 e. The highest BCUT2D eigenvalue weighted by Gasteiger charge is 2.34. The Kier molecular flexibility index (Phi) is 13.8. The van der Waals surface area contributed by atoms with E-state index in [0.29, 0.717) is 6.42 Å². The van der Waals surface area contributed by atoms with Gasteiger partial charge in [0.2, 0.25) is 5.91 Å². The van der Waals surface area contributed by atoms with Crippen LogP contribution in [0.5, 0.6) is 0 Å². The van der Waals surface area contributed by atoms with Gasteiger partial charge in [-0.25, -0.2) is 0 Å². The molecule has 1 aliphatic rings. The van der Waals surface area contributed by atoms with Crippen molar-refractivity contribution in [3.05, 3.63) is 71.8 Å². The Bertz CT molecular complexity index is 776. The van der Waals surface area contributed by atoms with Crippen molar-refractivity contribution >= 4 is 5.91 Å². The molecule has 198 valence electrons. The molecule has 2 heteroatoms. The molecule has 0 aromatic heterocycles. The van der Waals surface area contributed by atoms with Gasteiger partial charge in [0.05, 0.1) is 0 Å². The average molecular weight is 490 g/mol. The molecule has 36 heavy (non-hydrogen) atoms. The van der Waals surface area contributed by atoms with Crippen molar-refractivity contribution < 1.29 is 4.79 Å². The monoisotopic (exact) mass is 489 g/mol. The fourth-order valence-electron chi connectivity index (χ4n) is 5.70. The molecule has 1 amide bonds. The van der Waals surface area contributed by atoms with Crippen LogP contribution in [0.4, 0.5) is 0 Å². The zero-order chi connectivity index (χ0) is 25.3. The normalized spacial score (nSPS) is 16.8. The standard InChI is InChI=1S/C34H51NO/c1-2-3-4-5-7-16-23-31-28-32(31)24-17-8-6-9-18-25-34(36)35-33(26-29-19-12-10-13-20-29)27-30-21-14-11-15-22-30/h10-15,19-22,31-33H,2-9,16-18,23-28H2,1H3,(H,35,36)/t31-,32+/m0/s1. The van der Waals surface area contributed by atoms with E-state index in [4.69, 9.17) is 0 Å². The van der Waals surface area contributed by atoms with Gasteiger partial charge in [-0.05, 0) is 48.6 Å². The summed E-state index contributed by atoms with van der Waals surface area (Å²) in [4.78, 5) is 12.7. The minimum absolute atomic E-state index is 0.144. The summed E-state index contributed by atoms with van der Waals surface area (Å²) in [5.41, 5.74) is 2.56. The maximum absolute atomic E-state index is 12.7. The molecule has 0 spiro atoms. The number of benzene rings is 2. The molecule has 3 rings (SSSR count). The Morgan fingerprint density at radius 2 is 1.17 bits per heavy atom. The molecular weight excluding hydrogens is 438 g/mol. The molecule has 1 saturated carbocycles. The van der Waals surface area contributed by atoms with Gasteiger partial charge in [-0.1, -0.05) is 145 Å². The molecule has 2 aromatic rings. The molecule has 1 fully saturated rings. The molecule has 0 radical (unpaired) electrons. The second-order valence-electron chi connectivity index (χ2n) is 11.3. The fraction of sp³-hybridized carbons (Fsp3) is 0.618. The van der Waals surface area contributed by atoms with Gasteiger partial charge in [0.1, 0.15) is 0 Å². The summed E-state index contributed by atoms with van der Waals surface area (Å²) in [7, 11) is 0. The van der Waals surface area contributed by atoms with Crippen molar-refractivity contribution in [2.45, 2.75) is 122 Å². The molecule has 2 aromatic carbocycles. The number of hydrogen-bond donors (Lipinski definition) is 1. The van der Waals surface area contributed by atoms with Crippen LogP contribution in [0.1, 0.15) is 114 Å². The lowest BCUT2D eigenvalue weighted by atomic mass is 9.98. The predicted octanol–water partition coefficient (Wildman–Crippen LogP) is 9.07. The van der Waals surface area contributed by atoms with E-state index in [0.717, 1.165) is 31.1 Å². The lowest BCUT2D eigenvalue weighted by Crippen LogP contribution is -2.38. The highest BCUT2D eigenvalue weighted by Crippen LogP contribution is 2.45. The lowest BCUT2D eigenvalue weighted by molar-refractivity contribution is -0.121. The zero-order valence-electron chi connectivity index (χ0n) is 22.9. The summed E-state index contributed by atoms with van der Waals surface area (Å²) in [5, 5.41) is 3.34. The van der Waals surface area contributed by atoms with Crippen molar-refractivity contribution in [1.82, 2.24) is 5.32 Å². The van der Waals surface area contributed by atoms with E-state index in [2.05, 4.69) is 60.8 Å². The van der Waals surface area contributed by atoms with Gasteiger partial charge < -0.3 is 5.32 Å². The summed E-state index contributed by atoms with van der Waals surface area (Å²) in [5.74, 6) is 2.31. The molecule has 1 N–H and O–H groups in total. The van der Waals surface area contributed by atoms with Crippen LogP contribution in [0.3, 0.4) is 0 Å². The van der Waals surface area contributed by atoms with Gasteiger partial charge in [0.25, 0.3) is 0 Å². The molecule has 2 nitrogen and oxygen atoms in total. The van der Waals surface area contributed by atoms with E-state index < -0.39 is 0 Å². The minimum atomic E-state index is 0.144. The predicted molar refractivity (Wildman–Crippen MR) is 154 cm³/mol. The smallest absolute Gasteiger partial charge is 0.220 e. The molecule has 0 heterocycles. The first kappa shape index (κ1) is 28.5. The Morgan fingerprint density at radius 1 is 0.694 bits per heavy atom. The van der Waals surface area contributed by atoms with Crippen molar-refractivity contribution in [3.8, 4) is 0 Å². The first-order chi connectivity index (χ1) is 17.7. The lowest BCUT2D eigenvalue weighted by Gasteiger charge is -2.19. The van der Waals surface area contributed by atoms with Crippen LogP contribution >= 0.6 is 0 Å². The highest BCUT2D eigenvalue weighted by atomic mass is 16.1. The molecule has 2 atom stereocenters. The van der Waals surface area contributed by atoms with Crippen molar-refractivity contribution in [1.29, 1.82) is 0 Å². The van der Waals surface area contributed by atoms with Gasteiger partial charge in [-0.3, -0.25) is 4.79 Å². The first-order valence-corrected chi connectivity index (χ1v) is 15.1. The maximum atomic E-state index is 12.7. The fourth-order valence-corrected chi connectivity index (χ4v) is 5.70. The van der Waals surface area contributed by atoms with Gasteiger partial charge in [-0.2, -0.15) is 0 Å².